The lowest BCUT2D eigenvalue weighted by Gasteiger charge is -2.09. The van der Waals surface area contributed by atoms with Gasteiger partial charge in [-0.3, -0.25) is 4.79 Å². The number of nitrogens with one attached hydrogen (secondary N) is 1. The van der Waals surface area contributed by atoms with Gasteiger partial charge in [0.2, 0.25) is 5.91 Å². The van der Waals surface area contributed by atoms with Gasteiger partial charge in [-0.2, -0.15) is 4.73 Å². The fraction of sp³-hybridized carbons (Fsp3) is 0.0526. The molecule has 0 saturated heterocycles. The van der Waals surface area contributed by atoms with Crippen LogP contribution in [0.15, 0.2) is 65.8 Å². The predicted molar refractivity (Wildman–Crippen MR) is 94.0 cm³/mol. The number of benzene rings is 2. The van der Waals surface area contributed by atoms with Crippen LogP contribution in [0.4, 0.5) is 20.2 Å². The number of amides is 1. The number of hydrogen-bond acceptors (Lipinski definition) is 4. The van der Waals surface area contributed by atoms with Crippen LogP contribution in [0.2, 0.25) is 0 Å². The van der Waals surface area contributed by atoms with Crippen molar-refractivity contribution >= 4 is 17.3 Å². The van der Waals surface area contributed by atoms with Gasteiger partial charge in [0.05, 0.1) is 5.69 Å². The van der Waals surface area contributed by atoms with E-state index in [1.54, 1.807) is 0 Å². The van der Waals surface area contributed by atoms with E-state index >= 15 is 0 Å². The van der Waals surface area contributed by atoms with E-state index in [2.05, 4.69) is 10.3 Å². The van der Waals surface area contributed by atoms with Crippen LogP contribution in [0.3, 0.4) is 0 Å². The molecule has 0 fully saturated rings. The highest BCUT2D eigenvalue weighted by Gasteiger charge is 2.08. The number of aromatic nitrogens is 1. The maximum atomic E-state index is 14.2. The number of ether oxygens (including phenoxy) is 1. The van der Waals surface area contributed by atoms with Crippen LogP contribution < -0.4 is 15.5 Å². The lowest BCUT2D eigenvalue weighted by molar-refractivity contribution is -0.114. The second-order valence-corrected chi connectivity index (χ2v) is 5.58. The smallest absolute Gasteiger partial charge is 0.221 e. The van der Waals surface area contributed by atoms with Crippen molar-refractivity contribution in [3.63, 3.8) is 0 Å². The predicted octanol–water partition coefficient (Wildman–Crippen LogP) is 3.99. The third-order valence-corrected chi connectivity index (χ3v) is 3.44. The maximum Gasteiger partial charge on any atom is 0.221 e. The lowest BCUT2D eigenvalue weighted by atomic mass is 10.3. The van der Waals surface area contributed by atoms with Crippen LogP contribution in [0.25, 0.3) is 0 Å². The highest BCUT2D eigenvalue weighted by Crippen LogP contribution is 2.26. The maximum absolute atomic E-state index is 14.2. The molecule has 0 aliphatic rings. The molecule has 2 aromatic carbocycles. The highest BCUT2D eigenvalue weighted by molar-refractivity contribution is 5.88. The Kier molecular flexibility index (Phi) is 5.16. The van der Waals surface area contributed by atoms with Crippen molar-refractivity contribution < 1.29 is 23.5 Å². The Balaban J connectivity index is 1.88. The molecule has 6 nitrogen and oxygen atoms in total. The summed E-state index contributed by atoms with van der Waals surface area (Å²) in [5.74, 6) is -1.22. The van der Waals surface area contributed by atoms with Crippen molar-refractivity contribution in [2.45, 2.75) is 6.92 Å². The summed E-state index contributed by atoms with van der Waals surface area (Å²) in [6.07, 6.45) is 1.28. The zero-order valence-corrected chi connectivity index (χ0v) is 14.2. The van der Waals surface area contributed by atoms with Crippen LogP contribution in [0.1, 0.15) is 6.92 Å². The van der Waals surface area contributed by atoms with Crippen molar-refractivity contribution in [2.24, 2.45) is 4.99 Å². The fourth-order valence-electron chi connectivity index (χ4n) is 2.25. The first-order valence-electron chi connectivity index (χ1n) is 7.88. The average Bonchev–Trinajstić information content (AvgIpc) is 2.61. The zero-order valence-electron chi connectivity index (χ0n) is 14.2. The van der Waals surface area contributed by atoms with E-state index < -0.39 is 11.6 Å². The molecule has 0 atom stereocenters. The Hall–Kier alpha value is -3.68. The molecule has 3 rings (SSSR count). The summed E-state index contributed by atoms with van der Waals surface area (Å²) in [4.78, 5) is 15.2. The third-order valence-electron chi connectivity index (χ3n) is 3.44. The highest BCUT2D eigenvalue weighted by atomic mass is 19.1. The first-order valence-corrected chi connectivity index (χ1v) is 7.88. The Labute approximate surface area is 153 Å². The first-order chi connectivity index (χ1) is 12.9. The van der Waals surface area contributed by atoms with Crippen molar-refractivity contribution in [3.05, 3.63) is 77.9 Å². The monoisotopic (exact) mass is 371 g/mol. The Bertz CT molecular complexity index is 1050. The Morgan fingerprint density at radius 3 is 2.52 bits per heavy atom. The van der Waals surface area contributed by atoms with Gasteiger partial charge in [0.15, 0.2) is 17.1 Å². The van der Waals surface area contributed by atoms with Crippen LogP contribution in [0, 0.1) is 11.6 Å². The lowest BCUT2D eigenvalue weighted by Crippen LogP contribution is -2.17. The number of carbonyl (C=O) groups excluding carboxylic acids is 1. The largest absolute Gasteiger partial charge is 0.454 e. The van der Waals surface area contributed by atoms with Crippen LogP contribution in [-0.2, 0) is 4.79 Å². The Morgan fingerprint density at radius 2 is 1.85 bits per heavy atom. The van der Waals surface area contributed by atoms with E-state index in [-0.39, 0.29) is 22.9 Å². The SMILES string of the molecule is CC(=O)Nc1ccc(Oc2ccn(O)c(=Nc3ccc(F)cc3)c2)c(F)c1. The molecular weight excluding hydrogens is 356 g/mol. The number of anilines is 1. The minimum Gasteiger partial charge on any atom is -0.454 e. The molecule has 0 aliphatic carbocycles. The van der Waals surface area contributed by atoms with Crippen molar-refractivity contribution in [1.82, 2.24) is 4.73 Å². The van der Waals surface area contributed by atoms with Gasteiger partial charge in [0.1, 0.15) is 11.6 Å². The summed E-state index contributed by atoms with van der Waals surface area (Å²) in [7, 11) is 0. The van der Waals surface area contributed by atoms with Gasteiger partial charge < -0.3 is 15.3 Å². The normalized spacial score (nSPS) is 11.3. The number of carbonyl (C=O) groups is 1. The second kappa shape index (κ2) is 7.69. The van der Waals surface area contributed by atoms with Crippen molar-refractivity contribution in [3.8, 4) is 11.5 Å². The standard InChI is InChI=1S/C19H15F2N3O3/c1-12(25)22-15-6-7-18(17(21)10-15)27-16-8-9-24(26)19(11-16)23-14-4-2-13(20)3-5-14/h2-11,26H,1H3,(H,22,25). The molecule has 0 bridgehead atoms. The molecule has 3 aromatic rings. The molecule has 1 heterocycles. The van der Waals surface area contributed by atoms with E-state index in [9.17, 15) is 18.8 Å². The third kappa shape index (κ3) is 4.69. The summed E-state index contributed by atoms with van der Waals surface area (Å²) in [5, 5.41) is 12.3. The minimum absolute atomic E-state index is 0.0625. The van der Waals surface area contributed by atoms with Gasteiger partial charge in [0.25, 0.3) is 0 Å². The summed E-state index contributed by atoms with van der Waals surface area (Å²) in [6.45, 7) is 1.32. The van der Waals surface area contributed by atoms with E-state index in [0.717, 1.165) is 10.8 Å². The van der Waals surface area contributed by atoms with E-state index in [1.165, 1.54) is 61.7 Å². The van der Waals surface area contributed by atoms with Crippen molar-refractivity contribution in [1.29, 1.82) is 0 Å². The van der Waals surface area contributed by atoms with Gasteiger partial charge >= 0.3 is 0 Å². The summed E-state index contributed by atoms with van der Waals surface area (Å²) >= 11 is 0. The molecular formula is C19H15F2N3O3. The average molecular weight is 371 g/mol. The van der Waals surface area contributed by atoms with Crippen molar-refractivity contribution in [2.75, 3.05) is 5.32 Å². The first kappa shape index (κ1) is 18.1. The van der Waals surface area contributed by atoms with Gasteiger partial charge in [0, 0.05) is 37.0 Å². The zero-order chi connectivity index (χ0) is 19.4. The molecule has 27 heavy (non-hydrogen) atoms. The number of hydrogen-bond donors (Lipinski definition) is 2. The number of rotatable bonds is 4. The van der Waals surface area contributed by atoms with E-state index in [4.69, 9.17) is 4.74 Å². The Morgan fingerprint density at radius 1 is 1.11 bits per heavy atom. The van der Waals surface area contributed by atoms with Gasteiger partial charge in [-0.1, -0.05) is 0 Å². The number of nitrogens with zero attached hydrogens (tertiary/aromatic N) is 2. The van der Waals surface area contributed by atoms with Gasteiger partial charge in [-0.25, -0.2) is 13.8 Å². The topological polar surface area (TPSA) is 75.8 Å². The molecule has 1 aromatic heterocycles. The number of pyridine rings is 1. The van der Waals surface area contributed by atoms with Gasteiger partial charge in [-0.15, -0.1) is 0 Å². The molecule has 138 valence electrons. The quantitative estimate of drug-likeness (QED) is 0.681. The summed E-state index contributed by atoms with van der Waals surface area (Å²) < 4.78 is 33.4. The summed E-state index contributed by atoms with van der Waals surface area (Å²) in [5.41, 5.74) is 0.831. The van der Waals surface area contributed by atoms with E-state index in [0.29, 0.717) is 11.4 Å². The van der Waals surface area contributed by atoms with E-state index in [1.807, 2.05) is 0 Å². The second-order valence-electron chi connectivity index (χ2n) is 5.58. The minimum atomic E-state index is -0.668. The molecule has 0 spiro atoms. The molecule has 1 amide bonds. The molecule has 0 aliphatic heterocycles. The van der Waals surface area contributed by atoms with Crippen LogP contribution >= 0.6 is 0 Å². The van der Waals surface area contributed by atoms with Crippen LogP contribution in [-0.4, -0.2) is 15.8 Å². The molecule has 8 heteroatoms. The fourth-order valence-corrected chi connectivity index (χ4v) is 2.25. The number of halogens is 2. The molecule has 0 unspecified atom stereocenters. The summed E-state index contributed by atoms with van der Waals surface area (Å²) in [6, 6.07) is 12.2. The van der Waals surface area contributed by atoms with Crippen LogP contribution in [0.5, 0.6) is 11.5 Å². The molecule has 0 radical (unpaired) electrons. The van der Waals surface area contributed by atoms with Gasteiger partial charge in [-0.05, 0) is 36.4 Å². The molecule has 0 saturated carbocycles. The molecule has 2 N–H and O–H groups in total.